The Hall–Kier alpha value is -1.59. The first-order valence-corrected chi connectivity index (χ1v) is 6.36. The highest BCUT2D eigenvalue weighted by Gasteiger charge is 2.30. The van der Waals surface area contributed by atoms with Crippen molar-refractivity contribution in [1.82, 2.24) is 0 Å². The first kappa shape index (κ1) is 13.8. The van der Waals surface area contributed by atoms with Crippen LogP contribution in [0.4, 0.5) is 0 Å². The molecule has 104 valence electrons. The van der Waals surface area contributed by atoms with Crippen LogP contribution in [0.5, 0.6) is 5.75 Å². The molecule has 1 saturated heterocycles. The molecule has 5 heteroatoms. The smallest absolute Gasteiger partial charge is 0.159 e. The van der Waals surface area contributed by atoms with E-state index in [-0.39, 0.29) is 18.8 Å². The zero-order chi connectivity index (χ0) is 13.7. The van der Waals surface area contributed by atoms with E-state index in [1.807, 2.05) is 31.2 Å². The number of benzene rings is 1. The summed E-state index contributed by atoms with van der Waals surface area (Å²) >= 11 is 0. The number of hydrogen-bond acceptors (Lipinski definition) is 5. The highest BCUT2D eigenvalue weighted by molar-refractivity contribution is 5.92. The van der Waals surface area contributed by atoms with Crippen LogP contribution in [0.2, 0.25) is 0 Å². The lowest BCUT2D eigenvalue weighted by Crippen LogP contribution is -2.34. The molecule has 0 amide bonds. The number of oxime groups is 1. The summed E-state index contributed by atoms with van der Waals surface area (Å²) in [7, 11) is 1.63. The molecule has 1 N–H and O–H groups in total. The van der Waals surface area contributed by atoms with Gasteiger partial charge < -0.3 is 19.4 Å². The van der Waals surface area contributed by atoms with Gasteiger partial charge in [0, 0.05) is 18.9 Å². The molecule has 1 fully saturated rings. The number of methoxy groups -OCH3 is 1. The molecule has 0 aromatic heterocycles. The van der Waals surface area contributed by atoms with Gasteiger partial charge in [-0.3, -0.25) is 0 Å². The van der Waals surface area contributed by atoms with Crippen molar-refractivity contribution in [3.05, 3.63) is 29.8 Å². The molecule has 0 aliphatic carbocycles. The molecule has 5 nitrogen and oxygen atoms in total. The zero-order valence-corrected chi connectivity index (χ0v) is 11.2. The highest BCUT2D eigenvalue weighted by atomic mass is 16.7. The summed E-state index contributed by atoms with van der Waals surface area (Å²) in [6.45, 7) is 2.82. The van der Waals surface area contributed by atoms with Crippen LogP contribution in [0.1, 0.15) is 24.8 Å². The largest absolute Gasteiger partial charge is 0.497 e. The summed E-state index contributed by atoms with van der Waals surface area (Å²) in [5.41, 5.74) is 1.70. The van der Waals surface area contributed by atoms with Gasteiger partial charge in [0.05, 0.1) is 19.4 Å². The minimum Gasteiger partial charge on any atom is -0.497 e. The Kier molecular flexibility index (Phi) is 4.76. The number of nitrogens with zero attached hydrogens (tertiary/aromatic N) is 1. The fraction of sp³-hybridized carbons (Fsp3) is 0.500. The van der Waals surface area contributed by atoms with Crippen molar-refractivity contribution in [2.75, 3.05) is 20.3 Å². The normalized spacial score (nSPS) is 25.5. The maximum Gasteiger partial charge on any atom is 0.159 e. The lowest BCUT2D eigenvalue weighted by atomic mass is 9.89. The van der Waals surface area contributed by atoms with Gasteiger partial charge in [0.15, 0.2) is 6.29 Å². The molecular weight excluding hydrogens is 246 g/mol. The molecule has 0 bridgehead atoms. The Morgan fingerprint density at radius 1 is 1.37 bits per heavy atom. The second-order valence-electron chi connectivity index (χ2n) is 4.35. The monoisotopic (exact) mass is 265 g/mol. The van der Waals surface area contributed by atoms with Gasteiger partial charge in [-0.25, -0.2) is 0 Å². The van der Waals surface area contributed by atoms with E-state index in [2.05, 4.69) is 5.16 Å². The van der Waals surface area contributed by atoms with E-state index in [0.29, 0.717) is 18.7 Å². The van der Waals surface area contributed by atoms with Gasteiger partial charge in [0.2, 0.25) is 0 Å². The lowest BCUT2D eigenvalue weighted by Gasteiger charge is -2.30. The summed E-state index contributed by atoms with van der Waals surface area (Å²) < 4.78 is 16.1. The van der Waals surface area contributed by atoms with Gasteiger partial charge in [-0.2, -0.15) is 0 Å². The predicted molar refractivity (Wildman–Crippen MR) is 70.9 cm³/mol. The minimum absolute atomic E-state index is 0.0150. The van der Waals surface area contributed by atoms with Gasteiger partial charge in [-0.05, 0) is 24.6 Å². The van der Waals surface area contributed by atoms with E-state index >= 15 is 0 Å². The lowest BCUT2D eigenvalue weighted by molar-refractivity contribution is -0.141. The van der Waals surface area contributed by atoms with Crippen molar-refractivity contribution in [2.45, 2.75) is 25.6 Å². The fourth-order valence-electron chi connectivity index (χ4n) is 2.24. The predicted octanol–water partition coefficient (Wildman–Crippen LogP) is 2.39. The standard InChI is InChI=1S/C14H19NO4/c1-3-18-14-8-12(13(15-16)9-19-14)10-4-6-11(17-2)7-5-10/h4-7,12,14,16H,3,8-9H2,1-2H3/b15-13+/t12-,14+/m0/s1. The quantitative estimate of drug-likeness (QED) is 0.670. The number of rotatable bonds is 4. The molecule has 1 aliphatic heterocycles. The number of ether oxygens (including phenoxy) is 3. The van der Waals surface area contributed by atoms with Crippen molar-refractivity contribution in [2.24, 2.45) is 5.16 Å². The molecule has 1 aromatic carbocycles. The molecule has 19 heavy (non-hydrogen) atoms. The summed E-state index contributed by atoms with van der Waals surface area (Å²) in [5, 5.41) is 12.4. The average Bonchev–Trinajstić information content (AvgIpc) is 2.47. The van der Waals surface area contributed by atoms with Crippen molar-refractivity contribution in [3.63, 3.8) is 0 Å². The van der Waals surface area contributed by atoms with Crippen LogP contribution in [0.25, 0.3) is 0 Å². The van der Waals surface area contributed by atoms with E-state index < -0.39 is 0 Å². The Balaban J connectivity index is 2.17. The van der Waals surface area contributed by atoms with E-state index in [1.165, 1.54) is 0 Å². The van der Waals surface area contributed by atoms with Crippen LogP contribution < -0.4 is 4.74 Å². The maximum absolute atomic E-state index is 9.08. The third-order valence-corrected chi connectivity index (χ3v) is 3.25. The van der Waals surface area contributed by atoms with Crippen molar-refractivity contribution < 1.29 is 19.4 Å². The van der Waals surface area contributed by atoms with Crippen molar-refractivity contribution in [1.29, 1.82) is 0 Å². The van der Waals surface area contributed by atoms with Crippen molar-refractivity contribution in [3.8, 4) is 5.75 Å². The highest BCUT2D eigenvalue weighted by Crippen LogP contribution is 2.30. The minimum atomic E-state index is -0.248. The molecule has 0 spiro atoms. The molecule has 0 radical (unpaired) electrons. The summed E-state index contributed by atoms with van der Waals surface area (Å²) in [6.07, 6.45) is 0.405. The van der Waals surface area contributed by atoms with E-state index in [0.717, 1.165) is 11.3 Å². The molecule has 1 aliphatic rings. The van der Waals surface area contributed by atoms with Crippen molar-refractivity contribution >= 4 is 5.71 Å². The molecule has 0 unspecified atom stereocenters. The Bertz CT molecular complexity index is 430. The van der Waals surface area contributed by atoms with E-state index in [4.69, 9.17) is 19.4 Å². The Morgan fingerprint density at radius 3 is 2.68 bits per heavy atom. The van der Waals surface area contributed by atoms with Gasteiger partial charge in [0.1, 0.15) is 5.75 Å². The first-order chi connectivity index (χ1) is 9.28. The van der Waals surface area contributed by atoms with E-state index in [1.54, 1.807) is 7.11 Å². The van der Waals surface area contributed by atoms with Gasteiger partial charge >= 0.3 is 0 Å². The molecule has 2 atom stereocenters. The van der Waals surface area contributed by atoms with Crippen LogP contribution >= 0.6 is 0 Å². The van der Waals surface area contributed by atoms with Gasteiger partial charge in [-0.1, -0.05) is 17.3 Å². The molecule has 2 rings (SSSR count). The van der Waals surface area contributed by atoms with Gasteiger partial charge in [0.25, 0.3) is 0 Å². The Morgan fingerprint density at radius 2 is 2.11 bits per heavy atom. The molecule has 1 aromatic rings. The van der Waals surface area contributed by atoms with Crippen LogP contribution in [0.3, 0.4) is 0 Å². The van der Waals surface area contributed by atoms with Crippen LogP contribution in [-0.4, -0.2) is 37.5 Å². The Labute approximate surface area is 112 Å². The van der Waals surface area contributed by atoms with Crippen LogP contribution in [0.15, 0.2) is 29.4 Å². The average molecular weight is 265 g/mol. The molecular formula is C14H19NO4. The fourth-order valence-corrected chi connectivity index (χ4v) is 2.24. The second kappa shape index (κ2) is 6.54. The maximum atomic E-state index is 9.08. The summed E-state index contributed by atoms with van der Waals surface area (Å²) in [6, 6.07) is 7.75. The van der Waals surface area contributed by atoms with E-state index in [9.17, 15) is 0 Å². The van der Waals surface area contributed by atoms with Gasteiger partial charge in [-0.15, -0.1) is 0 Å². The third kappa shape index (κ3) is 3.24. The molecule has 1 heterocycles. The van der Waals surface area contributed by atoms with Crippen LogP contribution in [-0.2, 0) is 9.47 Å². The SMILES string of the molecule is CCO[C@H]1C[C@@H](c2ccc(OC)cc2)/C(=N/O)CO1. The summed E-state index contributed by atoms with van der Waals surface area (Å²) in [5.74, 6) is 0.820. The number of hydrogen-bond donors (Lipinski definition) is 1. The summed E-state index contributed by atoms with van der Waals surface area (Å²) in [4.78, 5) is 0. The second-order valence-corrected chi connectivity index (χ2v) is 4.35. The van der Waals surface area contributed by atoms with Crippen LogP contribution in [0, 0.1) is 0 Å². The first-order valence-electron chi connectivity index (χ1n) is 6.36. The molecule has 0 saturated carbocycles. The topological polar surface area (TPSA) is 60.3 Å². The zero-order valence-electron chi connectivity index (χ0n) is 11.2. The third-order valence-electron chi connectivity index (χ3n) is 3.25.